The normalized spacial score (nSPS) is 16.1. The Morgan fingerprint density at radius 3 is 2.45 bits per heavy atom. The number of nitrogens with zero attached hydrogens (tertiary/aromatic N) is 1. The number of carbonyl (C=O) groups excluding carboxylic acids is 1. The zero-order valence-corrected chi connectivity index (χ0v) is 12.7. The first-order valence-electron chi connectivity index (χ1n) is 7.52. The second-order valence-corrected chi connectivity index (χ2v) is 5.24. The maximum absolute atomic E-state index is 12.1. The van der Waals surface area contributed by atoms with Crippen molar-refractivity contribution < 1.29 is 19.4 Å². The maximum Gasteiger partial charge on any atom is 0.335 e. The molecule has 0 unspecified atom stereocenters. The molecule has 0 spiro atoms. The number of carbonyl (C=O) groups is 2. The lowest BCUT2D eigenvalue weighted by molar-refractivity contribution is -0.128. The molecule has 1 amide bonds. The highest BCUT2D eigenvalue weighted by Gasteiger charge is 2.21. The van der Waals surface area contributed by atoms with Gasteiger partial charge < -0.3 is 14.7 Å². The highest BCUT2D eigenvalue weighted by molar-refractivity contribution is 5.92. The first-order chi connectivity index (χ1) is 10.6. The summed E-state index contributed by atoms with van der Waals surface area (Å²) in [7, 11) is 0. The van der Waals surface area contributed by atoms with Gasteiger partial charge in [-0.25, -0.2) is 4.79 Å². The van der Waals surface area contributed by atoms with Crippen LogP contribution in [0.15, 0.2) is 30.3 Å². The van der Waals surface area contributed by atoms with Crippen molar-refractivity contribution in [1.29, 1.82) is 0 Å². The van der Waals surface area contributed by atoms with E-state index < -0.39 is 5.97 Å². The Balaban J connectivity index is 1.87. The van der Waals surface area contributed by atoms with Gasteiger partial charge in [-0.1, -0.05) is 12.1 Å². The van der Waals surface area contributed by atoms with E-state index in [4.69, 9.17) is 9.84 Å². The fraction of sp³-hybridized carbons (Fsp3) is 0.412. The number of ether oxygens (including phenoxy) is 1. The highest BCUT2D eigenvalue weighted by atomic mass is 16.5. The monoisotopic (exact) mass is 303 g/mol. The molecule has 0 radical (unpaired) electrons. The molecule has 0 atom stereocenters. The lowest BCUT2D eigenvalue weighted by atomic mass is 10.1. The molecule has 1 heterocycles. The predicted molar refractivity (Wildman–Crippen MR) is 83.7 cm³/mol. The van der Waals surface area contributed by atoms with Gasteiger partial charge in [0.25, 0.3) is 0 Å². The maximum atomic E-state index is 12.1. The minimum absolute atomic E-state index is 0.0164. The molecule has 1 aromatic carbocycles. The summed E-state index contributed by atoms with van der Waals surface area (Å²) in [5.74, 6) is -0.971. The third-order valence-corrected chi connectivity index (χ3v) is 3.73. The fourth-order valence-corrected chi connectivity index (χ4v) is 2.49. The molecule has 118 valence electrons. The number of likely N-dealkylation sites (tertiary alicyclic amines) is 1. The van der Waals surface area contributed by atoms with Crippen molar-refractivity contribution in [2.45, 2.75) is 25.9 Å². The Bertz CT molecular complexity index is 542. The lowest BCUT2D eigenvalue weighted by Gasteiger charge is -2.31. The van der Waals surface area contributed by atoms with E-state index in [1.165, 1.54) is 18.2 Å². The van der Waals surface area contributed by atoms with Crippen LogP contribution in [0.5, 0.6) is 0 Å². The molecule has 1 aliphatic rings. The van der Waals surface area contributed by atoms with E-state index >= 15 is 0 Å². The second kappa shape index (κ2) is 7.75. The number of carboxylic acids is 1. The molecule has 1 aromatic rings. The SMILES string of the molecule is CCOC1CCN(C(=O)C=Cc2ccc(C(=O)O)cc2)CC1. The van der Waals surface area contributed by atoms with Crippen molar-refractivity contribution in [1.82, 2.24) is 4.90 Å². The Hall–Kier alpha value is -2.14. The average molecular weight is 303 g/mol. The van der Waals surface area contributed by atoms with Gasteiger partial charge in [-0.15, -0.1) is 0 Å². The van der Waals surface area contributed by atoms with Gasteiger partial charge in [0, 0.05) is 25.8 Å². The third kappa shape index (κ3) is 4.43. The van der Waals surface area contributed by atoms with Gasteiger partial charge in [0.1, 0.15) is 0 Å². The van der Waals surface area contributed by atoms with Crippen LogP contribution >= 0.6 is 0 Å². The molecule has 0 saturated carbocycles. The number of aromatic carboxylic acids is 1. The van der Waals surface area contributed by atoms with E-state index in [1.807, 2.05) is 11.8 Å². The van der Waals surface area contributed by atoms with Crippen LogP contribution in [0.25, 0.3) is 6.08 Å². The number of carboxylic acid groups (broad SMARTS) is 1. The molecule has 0 aliphatic carbocycles. The zero-order valence-electron chi connectivity index (χ0n) is 12.7. The number of amides is 1. The summed E-state index contributed by atoms with van der Waals surface area (Å²) in [4.78, 5) is 24.7. The van der Waals surface area contributed by atoms with Gasteiger partial charge >= 0.3 is 5.97 Å². The summed E-state index contributed by atoms with van der Waals surface area (Å²) in [6.07, 6.45) is 5.27. The molecule has 5 heteroatoms. The summed E-state index contributed by atoms with van der Waals surface area (Å²) in [5.41, 5.74) is 1.05. The molecule has 22 heavy (non-hydrogen) atoms. The molecule has 1 N–H and O–H groups in total. The van der Waals surface area contributed by atoms with E-state index in [0.29, 0.717) is 19.7 Å². The van der Waals surface area contributed by atoms with Gasteiger partial charge in [0.2, 0.25) is 5.91 Å². The Kier molecular flexibility index (Phi) is 5.72. The fourth-order valence-electron chi connectivity index (χ4n) is 2.49. The minimum Gasteiger partial charge on any atom is -0.478 e. The van der Waals surface area contributed by atoms with Crippen LogP contribution in [-0.2, 0) is 9.53 Å². The molecule has 0 aromatic heterocycles. The zero-order chi connectivity index (χ0) is 15.9. The van der Waals surface area contributed by atoms with Crippen LogP contribution in [0, 0.1) is 0 Å². The van der Waals surface area contributed by atoms with Gasteiger partial charge in [-0.2, -0.15) is 0 Å². The van der Waals surface area contributed by atoms with Gasteiger partial charge in [-0.3, -0.25) is 4.79 Å². The van der Waals surface area contributed by atoms with Gasteiger partial charge in [-0.05, 0) is 43.5 Å². The van der Waals surface area contributed by atoms with E-state index in [2.05, 4.69) is 0 Å². The van der Waals surface area contributed by atoms with E-state index in [0.717, 1.165) is 18.4 Å². The summed E-state index contributed by atoms with van der Waals surface area (Å²) in [5, 5.41) is 8.83. The van der Waals surface area contributed by atoms with Crippen molar-refractivity contribution in [3.8, 4) is 0 Å². The van der Waals surface area contributed by atoms with Gasteiger partial charge in [0.05, 0.1) is 11.7 Å². The highest BCUT2D eigenvalue weighted by Crippen LogP contribution is 2.14. The van der Waals surface area contributed by atoms with Crippen molar-refractivity contribution in [3.05, 3.63) is 41.5 Å². The van der Waals surface area contributed by atoms with Crippen molar-refractivity contribution in [3.63, 3.8) is 0 Å². The second-order valence-electron chi connectivity index (χ2n) is 5.24. The lowest BCUT2D eigenvalue weighted by Crippen LogP contribution is -2.40. The summed E-state index contributed by atoms with van der Waals surface area (Å²) < 4.78 is 5.57. The standard InChI is InChI=1S/C17H21NO4/c1-2-22-15-9-11-18(12-10-15)16(19)8-5-13-3-6-14(7-4-13)17(20)21/h3-8,15H,2,9-12H2,1H3,(H,20,21). The van der Waals surface area contributed by atoms with Crippen LogP contribution in [0.3, 0.4) is 0 Å². The van der Waals surface area contributed by atoms with Gasteiger partial charge in [0.15, 0.2) is 0 Å². The Morgan fingerprint density at radius 1 is 1.27 bits per heavy atom. The largest absolute Gasteiger partial charge is 0.478 e. The quantitative estimate of drug-likeness (QED) is 0.848. The van der Waals surface area contributed by atoms with Crippen LogP contribution < -0.4 is 0 Å². The van der Waals surface area contributed by atoms with E-state index in [9.17, 15) is 9.59 Å². The Morgan fingerprint density at radius 2 is 1.91 bits per heavy atom. The summed E-state index contributed by atoms with van der Waals surface area (Å²) in [6.45, 7) is 4.12. The summed E-state index contributed by atoms with van der Waals surface area (Å²) in [6, 6.07) is 6.43. The average Bonchev–Trinajstić information content (AvgIpc) is 2.54. The van der Waals surface area contributed by atoms with Crippen molar-refractivity contribution in [2.24, 2.45) is 0 Å². The molecule has 1 saturated heterocycles. The predicted octanol–water partition coefficient (Wildman–Crippen LogP) is 2.43. The summed E-state index contributed by atoms with van der Waals surface area (Å²) >= 11 is 0. The molecule has 2 rings (SSSR count). The smallest absolute Gasteiger partial charge is 0.335 e. The number of piperidine rings is 1. The number of hydrogen-bond acceptors (Lipinski definition) is 3. The van der Waals surface area contributed by atoms with Crippen molar-refractivity contribution >= 4 is 18.0 Å². The first-order valence-corrected chi connectivity index (χ1v) is 7.52. The van der Waals surface area contributed by atoms with E-state index in [1.54, 1.807) is 18.2 Å². The molecular weight excluding hydrogens is 282 g/mol. The number of rotatable bonds is 5. The first kappa shape index (κ1) is 16.2. The van der Waals surface area contributed by atoms with E-state index in [-0.39, 0.29) is 17.6 Å². The van der Waals surface area contributed by atoms with Crippen LogP contribution in [-0.4, -0.2) is 47.7 Å². The Labute approximate surface area is 130 Å². The van der Waals surface area contributed by atoms with Crippen LogP contribution in [0.1, 0.15) is 35.7 Å². The minimum atomic E-state index is -0.955. The molecular formula is C17H21NO4. The van der Waals surface area contributed by atoms with Crippen LogP contribution in [0.2, 0.25) is 0 Å². The molecule has 5 nitrogen and oxygen atoms in total. The van der Waals surface area contributed by atoms with Crippen LogP contribution in [0.4, 0.5) is 0 Å². The third-order valence-electron chi connectivity index (χ3n) is 3.73. The van der Waals surface area contributed by atoms with Crippen molar-refractivity contribution in [2.75, 3.05) is 19.7 Å². The number of benzene rings is 1. The topological polar surface area (TPSA) is 66.8 Å². The number of hydrogen-bond donors (Lipinski definition) is 1. The molecule has 0 bridgehead atoms. The molecule has 1 aliphatic heterocycles. The molecule has 1 fully saturated rings.